The number of carbonyl (C=O) groups is 2. The Balaban J connectivity index is 1.40. The fraction of sp³-hybridized carbons (Fsp3) is 0.367. The maximum atomic E-state index is 13.0. The summed E-state index contributed by atoms with van der Waals surface area (Å²) in [5.74, 6) is 1.87. The number of pyridine rings is 1. The highest BCUT2D eigenvalue weighted by atomic mass is 16.5. The van der Waals surface area contributed by atoms with E-state index in [1.807, 2.05) is 48.5 Å². The molecule has 0 saturated carbocycles. The molecule has 6 heterocycles. The summed E-state index contributed by atoms with van der Waals surface area (Å²) >= 11 is 0. The lowest BCUT2D eigenvalue weighted by Gasteiger charge is -2.22. The summed E-state index contributed by atoms with van der Waals surface area (Å²) in [6.45, 7) is 1.97. The number of hydrogen-bond acceptors (Lipinski definition) is 8. The summed E-state index contributed by atoms with van der Waals surface area (Å²) in [5, 5.41) is 6.07. The van der Waals surface area contributed by atoms with Crippen LogP contribution < -0.4 is 29.6 Å². The number of nitrogens with one attached hydrogen (secondary N) is 2. The van der Waals surface area contributed by atoms with Crippen LogP contribution in [0, 0.1) is 0 Å². The zero-order valence-electron chi connectivity index (χ0n) is 22.7. The molecular weight excluding hydrogens is 512 g/mol. The van der Waals surface area contributed by atoms with Gasteiger partial charge in [-0.1, -0.05) is 12.1 Å². The van der Waals surface area contributed by atoms with Gasteiger partial charge in [-0.3, -0.25) is 19.5 Å². The van der Waals surface area contributed by atoms with Crippen molar-refractivity contribution in [3.8, 4) is 23.0 Å². The predicted octanol–water partition coefficient (Wildman–Crippen LogP) is 2.49. The molecule has 2 N–H and O–H groups in total. The molecule has 5 aliphatic rings. The molecule has 0 radical (unpaired) electrons. The van der Waals surface area contributed by atoms with E-state index in [1.165, 1.54) is 0 Å². The van der Waals surface area contributed by atoms with Gasteiger partial charge in [-0.15, -0.1) is 0 Å². The number of carbonyl (C=O) groups excluding carboxylic acids is 2. The number of aryl methyl sites for hydroxylation is 1. The second-order valence-corrected chi connectivity index (χ2v) is 9.87. The number of hydrogen-bond donors (Lipinski definition) is 2. The third-order valence-corrected chi connectivity index (χ3v) is 7.05. The molecule has 10 heteroatoms. The fourth-order valence-electron chi connectivity index (χ4n) is 5.00. The maximum absolute atomic E-state index is 13.0. The molecule has 1 fully saturated rings. The SMILES string of the molecule is COc1cc2ccc1CNC(=O)CCc1ccc(c(OC)c1)OCC(=O)N[C@@H]1CN(Cc3ccccn3)C[C@H]1O2. The van der Waals surface area contributed by atoms with E-state index in [9.17, 15) is 9.59 Å². The van der Waals surface area contributed by atoms with Crippen molar-refractivity contribution < 1.29 is 28.5 Å². The van der Waals surface area contributed by atoms with Crippen molar-refractivity contribution >= 4 is 11.8 Å². The molecule has 2 amide bonds. The average molecular weight is 547 g/mol. The molecule has 2 aromatic carbocycles. The molecule has 0 spiro atoms. The molecule has 210 valence electrons. The summed E-state index contributed by atoms with van der Waals surface area (Å²) in [6.07, 6.45) is 2.30. The van der Waals surface area contributed by atoms with Crippen LogP contribution in [0.25, 0.3) is 0 Å². The second-order valence-electron chi connectivity index (χ2n) is 9.87. The van der Waals surface area contributed by atoms with Gasteiger partial charge in [-0.2, -0.15) is 0 Å². The summed E-state index contributed by atoms with van der Waals surface area (Å²) in [7, 11) is 3.14. The third kappa shape index (κ3) is 6.81. The lowest BCUT2D eigenvalue weighted by Crippen LogP contribution is -2.46. The number of aromatic nitrogens is 1. The minimum Gasteiger partial charge on any atom is -0.496 e. The molecule has 40 heavy (non-hydrogen) atoms. The zero-order chi connectivity index (χ0) is 27.9. The van der Waals surface area contributed by atoms with Crippen molar-refractivity contribution in [2.75, 3.05) is 33.9 Å². The first-order chi connectivity index (χ1) is 19.5. The Kier molecular flexibility index (Phi) is 8.65. The molecular formula is C30H34N4O6. The van der Waals surface area contributed by atoms with E-state index in [1.54, 1.807) is 26.5 Å². The summed E-state index contributed by atoms with van der Waals surface area (Å²) in [5.41, 5.74) is 2.71. The summed E-state index contributed by atoms with van der Waals surface area (Å²) < 4.78 is 23.3. The first-order valence-corrected chi connectivity index (χ1v) is 13.3. The molecule has 0 aliphatic carbocycles. The highest BCUT2D eigenvalue weighted by Gasteiger charge is 2.36. The molecule has 10 nitrogen and oxygen atoms in total. The van der Waals surface area contributed by atoms with Gasteiger partial charge in [0.25, 0.3) is 5.91 Å². The molecule has 8 rings (SSSR count). The van der Waals surface area contributed by atoms with Gasteiger partial charge in [0.05, 0.1) is 26.0 Å². The Labute approximate surface area is 233 Å². The van der Waals surface area contributed by atoms with Crippen LogP contribution in [0.15, 0.2) is 60.8 Å². The van der Waals surface area contributed by atoms with Crippen LogP contribution in [-0.4, -0.2) is 67.8 Å². The molecule has 1 aromatic heterocycles. The molecule has 1 saturated heterocycles. The maximum Gasteiger partial charge on any atom is 0.258 e. The number of ether oxygens (including phenoxy) is 4. The lowest BCUT2D eigenvalue weighted by molar-refractivity contribution is -0.124. The van der Waals surface area contributed by atoms with Gasteiger partial charge in [0.15, 0.2) is 18.1 Å². The van der Waals surface area contributed by atoms with E-state index in [-0.39, 0.29) is 30.6 Å². The van der Waals surface area contributed by atoms with Crippen LogP contribution in [0.2, 0.25) is 0 Å². The van der Waals surface area contributed by atoms with Crippen molar-refractivity contribution in [2.45, 2.75) is 38.1 Å². The van der Waals surface area contributed by atoms with Gasteiger partial charge in [-0.25, -0.2) is 0 Å². The van der Waals surface area contributed by atoms with Crippen molar-refractivity contribution in [1.29, 1.82) is 0 Å². The zero-order valence-corrected chi connectivity index (χ0v) is 22.7. The normalized spacial score (nSPS) is 20.1. The van der Waals surface area contributed by atoms with Gasteiger partial charge in [-0.05, 0) is 48.4 Å². The molecule has 5 aliphatic heterocycles. The molecule has 2 atom stereocenters. The van der Waals surface area contributed by atoms with Gasteiger partial charge >= 0.3 is 0 Å². The van der Waals surface area contributed by atoms with Crippen molar-refractivity contribution in [3.63, 3.8) is 0 Å². The molecule has 0 unspecified atom stereocenters. The van der Waals surface area contributed by atoms with E-state index in [2.05, 4.69) is 20.5 Å². The van der Waals surface area contributed by atoms with Crippen LogP contribution in [0.1, 0.15) is 23.2 Å². The Morgan fingerprint density at radius 2 is 1.85 bits per heavy atom. The second kappa shape index (κ2) is 12.7. The lowest BCUT2D eigenvalue weighted by atomic mass is 10.1. The third-order valence-electron chi connectivity index (χ3n) is 7.05. The number of amides is 2. The summed E-state index contributed by atoms with van der Waals surface area (Å²) in [4.78, 5) is 32.2. The van der Waals surface area contributed by atoms with Crippen molar-refractivity contribution in [2.24, 2.45) is 0 Å². The Morgan fingerprint density at radius 1 is 0.975 bits per heavy atom. The number of rotatable bonds is 4. The first kappa shape index (κ1) is 27.3. The highest BCUT2D eigenvalue weighted by molar-refractivity contribution is 5.78. The minimum absolute atomic E-state index is 0.0745. The number of nitrogens with zero attached hydrogens (tertiary/aromatic N) is 2. The van der Waals surface area contributed by atoms with E-state index in [0.717, 1.165) is 16.8 Å². The van der Waals surface area contributed by atoms with Gasteiger partial charge in [0.2, 0.25) is 5.91 Å². The van der Waals surface area contributed by atoms with Gasteiger partial charge in [0, 0.05) is 50.4 Å². The minimum atomic E-state index is -0.317. The fourth-order valence-corrected chi connectivity index (χ4v) is 5.00. The largest absolute Gasteiger partial charge is 0.496 e. The first-order valence-electron chi connectivity index (χ1n) is 13.3. The smallest absolute Gasteiger partial charge is 0.258 e. The standard InChI is InChI=1S/C30H34N4O6/c1-37-26-14-23-9-8-21(26)15-32-29(35)11-7-20-6-10-25(27(13-20)38-2)39-19-30(36)33-24-17-34(18-28(24)40-23)16-22-5-3-4-12-31-22/h3-6,8-10,12-14,24,28H,7,11,15-19H2,1-2H3,(H,32,35)(H,33,36)/t24-,28-/m1/s1. The van der Waals surface area contributed by atoms with Crippen LogP contribution in [-0.2, 0) is 29.1 Å². The van der Waals surface area contributed by atoms with E-state index in [0.29, 0.717) is 62.0 Å². The van der Waals surface area contributed by atoms with E-state index in [4.69, 9.17) is 18.9 Å². The van der Waals surface area contributed by atoms with Crippen LogP contribution in [0.3, 0.4) is 0 Å². The number of benzene rings is 2. The van der Waals surface area contributed by atoms with Gasteiger partial charge < -0.3 is 29.6 Å². The van der Waals surface area contributed by atoms with E-state index >= 15 is 0 Å². The van der Waals surface area contributed by atoms with Crippen LogP contribution in [0.5, 0.6) is 23.0 Å². The Hall–Kier alpha value is -4.31. The van der Waals surface area contributed by atoms with E-state index < -0.39 is 0 Å². The Morgan fingerprint density at radius 3 is 2.65 bits per heavy atom. The highest BCUT2D eigenvalue weighted by Crippen LogP contribution is 2.30. The van der Waals surface area contributed by atoms with Gasteiger partial charge in [0.1, 0.15) is 17.6 Å². The van der Waals surface area contributed by atoms with Crippen LogP contribution >= 0.6 is 0 Å². The van der Waals surface area contributed by atoms with Crippen LogP contribution in [0.4, 0.5) is 0 Å². The summed E-state index contributed by atoms with van der Waals surface area (Å²) in [6, 6.07) is 16.6. The average Bonchev–Trinajstić information content (AvgIpc) is 3.33. The number of likely N-dealkylation sites (tertiary alicyclic amines) is 1. The Bertz CT molecular complexity index is 1340. The molecule has 4 bridgehead atoms. The quantitative estimate of drug-likeness (QED) is 0.514. The molecule has 3 aromatic rings. The predicted molar refractivity (Wildman–Crippen MR) is 148 cm³/mol. The topological polar surface area (TPSA) is 111 Å². The van der Waals surface area contributed by atoms with Crippen molar-refractivity contribution in [3.05, 3.63) is 77.6 Å². The number of methoxy groups -OCH3 is 2. The van der Waals surface area contributed by atoms with Crippen molar-refractivity contribution in [1.82, 2.24) is 20.5 Å². The monoisotopic (exact) mass is 546 g/mol.